The van der Waals surface area contributed by atoms with Gasteiger partial charge in [-0.05, 0) is 19.4 Å². The Morgan fingerprint density at radius 1 is 1.50 bits per heavy atom. The van der Waals surface area contributed by atoms with E-state index in [4.69, 9.17) is 9.84 Å². The second-order valence-electron chi connectivity index (χ2n) is 3.69. The topological polar surface area (TPSA) is 46.5 Å². The molecule has 2 unspecified atom stereocenters. The van der Waals surface area contributed by atoms with Crippen LogP contribution in [0.3, 0.4) is 0 Å². The third kappa shape index (κ3) is 3.03. The van der Waals surface area contributed by atoms with Crippen LogP contribution in [0.1, 0.15) is 24.8 Å². The van der Waals surface area contributed by atoms with Gasteiger partial charge in [0.25, 0.3) is 0 Å². The number of carbonyl (C=O) groups is 1. The molecule has 0 bridgehead atoms. The average molecular weight is 226 g/mol. The number of ether oxygens (including phenoxy) is 1. The largest absolute Gasteiger partial charge is 0.481 e. The normalized spacial score (nSPS) is 14.4. The Hall–Kier alpha value is -1.42. The number of halogens is 1. The monoisotopic (exact) mass is 226 g/mol. The fourth-order valence-electron chi connectivity index (χ4n) is 1.55. The Balaban J connectivity index is 2.94. The maximum Gasteiger partial charge on any atom is 0.311 e. The molecule has 0 saturated heterocycles. The Morgan fingerprint density at radius 3 is 2.62 bits per heavy atom. The maximum atomic E-state index is 13.5. The summed E-state index contributed by atoms with van der Waals surface area (Å²) in [6.45, 7) is 1.76. The van der Waals surface area contributed by atoms with Crippen molar-refractivity contribution in [1.29, 1.82) is 0 Å². The van der Waals surface area contributed by atoms with Crippen LogP contribution >= 0.6 is 0 Å². The van der Waals surface area contributed by atoms with Crippen molar-refractivity contribution in [2.75, 3.05) is 7.11 Å². The van der Waals surface area contributed by atoms with Crippen molar-refractivity contribution in [2.24, 2.45) is 0 Å². The van der Waals surface area contributed by atoms with Gasteiger partial charge < -0.3 is 9.84 Å². The van der Waals surface area contributed by atoms with Crippen LogP contribution in [0.5, 0.6) is 0 Å². The molecule has 3 nitrogen and oxygen atoms in total. The molecular formula is C12H15FO3. The zero-order valence-electron chi connectivity index (χ0n) is 9.31. The molecule has 0 aromatic heterocycles. The van der Waals surface area contributed by atoms with E-state index in [0.717, 1.165) is 0 Å². The number of carboxylic acid groups (broad SMARTS) is 1. The fourth-order valence-corrected chi connectivity index (χ4v) is 1.55. The molecule has 0 spiro atoms. The molecular weight excluding hydrogens is 211 g/mol. The Labute approximate surface area is 93.9 Å². The minimum Gasteiger partial charge on any atom is -0.481 e. The predicted molar refractivity (Wildman–Crippen MR) is 57.9 cm³/mol. The summed E-state index contributed by atoms with van der Waals surface area (Å²) in [6, 6.07) is 5.93. The van der Waals surface area contributed by atoms with Crippen molar-refractivity contribution in [1.82, 2.24) is 0 Å². The van der Waals surface area contributed by atoms with Crippen molar-refractivity contribution in [2.45, 2.75) is 25.4 Å². The van der Waals surface area contributed by atoms with E-state index in [1.165, 1.54) is 25.3 Å². The third-order valence-corrected chi connectivity index (χ3v) is 2.55. The van der Waals surface area contributed by atoms with Gasteiger partial charge in [0.2, 0.25) is 0 Å². The van der Waals surface area contributed by atoms with Crippen LogP contribution in [-0.4, -0.2) is 24.3 Å². The van der Waals surface area contributed by atoms with Crippen LogP contribution in [0.15, 0.2) is 24.3 Å². The lowest BCUT2D eigenvalue weighted by atomic mass is 9.93. The molecule has 0 radical (unpaired) electrons. The van der Waals surface area contributed by atoms with Crippen LogP contribution in [-0.2, 0) is 9.53 Å². The van der Waals surface area contributed by atoms with Gasteiger partial charge in [-0.15, -0.1) is 0 Å². The number of rotatable bonds is 5. The van der Waals surface area contributed by atoms with Crippen LogP contribution in [0.25, 0.3) is 0 Å². The van der Waals surface area contributed by atoms with E-state index in [0.29, 0.717) is 0 Å². The zero-order valence-corrected chi connectivity index (χ0v) is 9.31. The number of aliphatic carboxylic acids is 1. The summed E-state index contributed by atoms with van der Waals surface area (Å²) in [5.74, 6) is -2.39. The molecule has 88 valence electrons. The Morgan fingerprint density at radius 2 is 2.12 bits per heavy atom. The lowest BCUT2D eigenvalue weighted by Crippen LogP contribution is -2.19. The molecule has 0 aliphatic carbocycles. The summed E-state index contributed by atoms with van der Waals surface area (Å²) in [5.41, 5.74) is 0.207. The molecule has 0 aliphatic heterocycles. The summed E-state index contributed by atoms with van der Waals surface area (Å²) in [7, 11) is 1.50. The summed E-state index contributed by atoms with van der Waals surface area (Å²) < 4.78 is 18.5. The minimum atomic E-state index is -1.03. The molecule has 1 rings (SSSR count). The second kappa shape index (κ2) is 5.61. The number of benzene rings is 1. The van der Waals surface area contributed by atoms with E-state index in [1.54, 1.807) is 13.0 Å². The van der Waals surface area contributed by atoms with Crippen LogP contribution in [0.4, 0.5) is 4.39 Å². The highest BCUT2D eigenvalue weighted by molar-refractivity contribution is 5.76. The molecule has 2 atom stereocenters. The van der Waals surface area contributed by atoms with E-state index in [-0.39, 0.29) is 18.1 Å². The van der Waals surface area contributed by atoms with Gasteiger partial charge in [0.1, 0.15) is 5.82 Å². The molecule has 4 heteroatoms. The van der Waals surface area contributed by atoms with E-state index in [1.807, 2.05) is 0 Å². The smallest absolute Gasteiger partial charge is 0.311 e. The standard InChI is InChI=1S/C12H15FO3/c1-8(16-2)7-10(12(14)15)9-5-3-4-6-11(9)13/h3-6,8,10H,7H2,1-2H3,(H,14,15). The van der Waals surface area contributed by atoms with Crippen molar-refractivity contribution in [3.8, 4) is 0 Å². The van der Waals surface area contributed by atoms with Gasteiger partial charge in [-0.25, -0.2) is 4.39 Å². The molecule has 0 fully saturated rings. The van der Waals surface area contributed by atoms with Gasteiger partial charge in [0, 0.05) is 12.7 Å². The van der Waals surface area contributed by atoms with Crippen molar-refractivity contribution in [3.63, 3.8) is 0 Å². The van der Waals surface area contributed by atoms with Gasteiger partial charge in [-0.2, -0.15) is 0 Å². The molecule has 0 aliphatic rings. The summed E-state index contributed by atoms with van der Waals surface area (Å²) in [6.07, 6.45) is 0.0351. The fraction of sp³-hybridized carbons (Fsp3) is 0.417. The molecule has 1 N–H and O–H groups in total. The average Bonchev–Trinajstić information content (AvgIpc) is 2.26. The molecule has 1 aromatic carbocycles. The van der Waals surface area contributed by atoms with Gasteiger partial charge in [-0.1, -0.05) is 18.2 Å². The quantitative estimate of drug-likeness (QED) is 0.838. The third-order valence-electron chi connectivity index (χ3n) is 2.55. The summed E-state index contributed by atoms with van der Waals surface area (Å²) in [5, 5.41) is 9.07. The van der Waals surface area contributed by atoms with E-state index >= 15 is 0 Å². The van der Waals surface area contributed by atoms with Gasteiger partial charge >= 0.3 is 5.97 Å². The molecule has 0 amide bonds. The summed E-state index contributed by atoms with van der Waals surface area (Å²) >= 11 is 0. The summed E-state index contributed by atoms with van der Waals surface area (Å²) in [4.78, 5) is 11.1. The first kappa shape index (κ1) is 12.6. The Bertz CT molecular complexity index is 365. The lowest BCUT2D eigenvalue weighted by Gasteiger charge is -2.17. The zero-order chi connectivity index (χ0) is 12.1. The highest BCUT2D eigenvalue weighted by atomic mass is 19.1. The lowest BCUT2D eigenvalue weighted by molar-refractivity contribution is -0.139. The maximum absolute atomic E-state index is 13.5. The van der Waals surface area contributed by atoms with Gasteiger partial charge in [0.15, 0.2) is 0 Å². The first-order chi connectivity index (χ1) is 7.56. The molecule has 0 saturated carbocycles. The van der Waals surface area contributed by atoms with Crippen molar-refractivity contribution in [3.05, 3.63) is 35.6 Å². The highest BCUT2D eigenvalue weighted by Gasteiger charge is 2.24. The number of hydrogen-bond acceptors (Lipinski definition) is 2. The second-order valence-corrected chi connectivity index (χ2v) is 3.69. The molecule has 0 heterocycles. The van der Waals surface area contributed by atoms with E-state index in [9.17, 15) is 9.18 Å². The van der Waals surface area contributed by atoms with Crippen LogP contribution in [0, 0.1) is 5.82 Å². The van der Waals surface area contributed by atoms with Gasteiger partial charge in [-0.3, -0.25) is 4.79 Å². The molecule has 16 heavy (non-hydrogen) atoms. The van der Waals surface area contributed by atoms with Crippen molar-refractivity contribution < 1.29 is 19.0 Å². The molecule has 1 aromatic rings. The van der Waals surface area contributed by atoms with Crippen molar-refractivity contribution >= 4 is 5.97 Å². The van der Waals surface area contributed by atoms with Gasteiger partial charge in [0.05, 0.1) is 12.0 Å². The first-order valence-corrected chi connectivity index (χ1v) is 5.06. The number of carboxylic acids is 1. The first-order valence-electron chi connectivity index (χ1n) is 5.06. The van der Waals surface area contributed by atoms with E-state index in [2.05, 4.69) is 0 Å². The predicted octanol–water partition coefficient (Wildman–Crippen LogP) is 2.42. The Kier molecular flexibility index (Phi) is 4.43. The number of methoxy groups -OCH3 is 1. The minimum absolute atomic E-state index is 0.207. The van der Waals surface area contributed by atoms with Crippen LogP contribution < -0.4 is 0 Å². The number of hydrogen-bond donors (Lipinski definition) is 1. The highest BCUT2D eigenvalue weighted by Crippen LogP contribution is 2.24. The van der Waals surface area contributed by atoms with Crippen LogP contribution in [0.2, 0.25) is 0 Å². The SMILES string of the molecule is COC(C)CC(C(=O)O)c1ccccc1F. The van der Waals surface area contributed by atoms with E-state index < -0.39 is 17.7 Å².